The average Bonchev–Trinajstić information content (AvgIpc) is 1.77. The third kappa shape index (κ3) is 1.18. The van der Waals surface area contributed by atoms with Gasteiger partial charge in [-0.3, -0.25) is 5.84 Å². The molecule has 1 fully saturated rings. The van der Waals surface area contributed by atoms with Crippen molar-refractivity contribution in [2.24, 2.45) is 11.6 Å². The van der Waals surface area contributed by atoms with Crippen LogP contribution in [0.2, 0.25) is 0 Å². The second kappa shape index (κ2) is 2.44. The Kier molecular flexibility index (Phi) is 1.83. The van der Waals surface area contributed by atoms with E-state index in [1.165, 1.54) is 12.8 Å². The van der Waals surface area contributed by atoms with Gasteiger partial charge in [-0.1, -0.05) is 0 Å². The van der Waals surface area contributed by atoms with Crippen molar-refractivity contribution >= 4 is 0 Å². The Morgan fingerprint density at radius 2 is 2.12 bits per heavy atom. The van der Waals surface area contributed by atoms with E-state index in [-0.39, 0.29) is 6.17 Å². The van der Waals surface area contributed by atoms with Crippen molar-refractivity contribution in [3.8, 4) is 0 Å². The van der Waals surface area contributed by atoms with Crippen molar-refractivity contribution in [2.75, 3.05) is 6.54 Å². The highest BCUT2D eigenvalue weighted by molar-refractivity contribution is 4.65. The normalized spacial score (nSPS) is 33.0. The molecule has 0 spiro atoms. The first-order chi connectivity index (χ1) is 3.80. The molecule has 1 heterocycles. The highest BCUT2D eigenvalue weighted by atomic mass is 15.4. The molecule has 0 aromatic carbocycles. The van der Waals surface area contributed by atoms with Gasteiger partial charge in [0.1, 0.15) is 0 Å². The van der Waals surface area contributed by atoms with Gasteiger partial charge in [-0.2, -0.15) is 0 Å². The number of nitrogens with zero attached hydrogens (tertiary/aromatic N) is 1. The number of rotatable bonds is 0. The summed E-state index contributed by atoms with van der Waals surface area (Å²) < 4.78 is 0. The first kappa shape index (κ1) is 6.01. The Hall–Kier alpha value is -0.120. The topological polar surface area (TPSA) is 55.3 Å². The molecule has 0 aromatic rings. The van der Waals surface area contributed by atoms with Crippen LogP contribution in [-0.4, -0.2) is 17.7 Å². The molecular formula is C5H13N3. The van der Waals surface area contributed by atoms with Gasteiger partial charge in [0.2, 0.25) is 0 Å². The maximum absolute atomic E-state index is 5.58. The highest BCUT2D eigenvalue weighted by Gasteiger charge is 2.13. The summed E-state index contributed by atoms with van der Waals surface area (Å²) in [6, 6.07) is 0. The Morgan fingerprint density at radius 1 is 1.38 bits per heavy atom. The summed E-state index contributed by atoms with van der Waals surface area (Å²) in [7, 11) is 0. The Morgan fingerprint density at radius 3 is 2.50 bits per heavy atom. The highest BCUT2D eigenvalue weighted by Crippen LogP contribution is 2.07. The first-order valence-electron chi connectivity index (χ1n) is 3.07. The van der Waals surface area contributed by atoms with Gasteiger partial charge in [-0.05, 0) is 19.3 Å². The molecule has 1 aliphatic rings. The molecule has 0 saturated carbocycles. The fraction of sp³-hybridized carbons (Fsp3) is 1.00. The fourth-order valence-corrected chi connectivity index (χ4v) is 0.979. The first-order valence-corrected chi connectivity index (χ1v) is 3.07. The molecular weight excluding hydrogens is 102 g/mol. The smallest absolute Gasteiger partial charge is 0.0705 e. The third-order valence-electron chi connectivity index (χ3n) is 1.59. The van der Waals surface area contributed by atoms with Gasteiger partial charge in [0.05, 0.1) is 6.17 Å². The van der Waals surface area contributed by atoms with Crippen LogP contribution < -0.4 is 11.6 Å². The molecule has 8 heavy (non-hydrogen) atoms. The van der Waals surface area contributed by atoms with E-state index in [1.54, 1.807) is 5.01 Å². The van der Waals surface area contributed by atoms with Crippen LogP contribution in [-0.2, 0) is 0 Å². The number of hydrogen-bond acceptors (Lipinski definition) is 3. The van der Waals surface area contributed by atoms with Crippen molar-refractivity contribution < 1.29 is 0 Å². The van der Waals surface area contributed by atoms with Crippen LogP contribution in [0.15, 0.2) is 0 Å². The van der Waals surface area contributed by atoms with Crippen molar-refractivity contribution in [3.05, 3.63) is 0 Å². The molecule has 0 bridgehead atoms. The standard InChI is InChI=1S/C5H13N3/c6-5-3-1-2-4-8(5)7/h5H,1-4,6-7H2. The molecule has 3 heteroatoms. The summed E-state index contributed by atoms with van der Waals surface area (Å²) in [5.41, 5.74) is 5.58. The summed E-state index contributed by atoms with van der Waals surface area (Å²) in [4.78, 5) is 0. The largest absolute Gasteiger partial charge is 0.315 e. The number of hydrogen-bond donors (Lipinski definition) is 2. The molecule has 1 atom stereocenters. The Balaban J connectivity index is 2.28. The SMILES string of the molecule is NC1CCCCN1N. The number of nitrogens with two attached hydrogens (primary N) is 2. The van der Waals surface area contributed by atoms with Crippen LogP contribution in [0.25, 0.3) is 0 Å². The third-order valence-corrected chi connectivity index (χ3v) is 1.59. The van der Waals surface area contributed by atoms with Gasteiger partial charge in [0.25, 0.3) is 0 Å². The van der Waals surface area contributed by atoms with Crippen LogP contribution in [0.5, 0.6) is 0 Å². The minimum Gasteiger partial charge on any atom is -0.315 e. The lowest BCUT2D eigenvalue weighted by Crippen LogP contribution is -2.49. The molecule has 1 saturated heterocycles. The summed E-state index contributed by atoms with van der Waals surface area (Å²) >= 11 is 0. The van der Waals surface area contributed by atoms with E-state index in [9.17, 15) is 0 Å². The zero-order valence-corrected chi connectivity index (χ0v) is 5.01. The van der Waals surface area contributed by atoms with Crippen molar-refractivity contribution in [1.29, 1.82) is 0 Å². The van der Waals surface area contributed by atoms with Crippen molar-refractivity contribution in [1.82, 2.24) is 5.01 Å². The monoisotopic (exact) mass is 115 g/mol. The molecule has 0 radical (unpaired) electrons. The molecule has 4 N–H and O–H groups in total. The van der Waals surface area contributed by atoms with Gasteiger partial charge in [0, 0.05) is 6.54 Å². The van der Waals surface area contributed by atoms with Gasteiger partial charge in [0.15, 0.2) is 0 Å². The fourth-order valence-electron chi connectivity index (χ4n) is 0.979. The Bertz CT molecular complexity index is 64.1. The van der Waals surface area contributed by atoms with Crippen molar-refractivity contribution in [3.63, 3.8) is 0 Å². The second-order valence-corrected chi connectivity index (χ2v) is 2.30. The molecule has 3 nitrogen and oxygen atoms in total. The van der Waals surface area contributed by atoms with E-state index < -0.39 is 0 Å². The molecule has 48 valence electrons. The lowest BCUT2D eigenvalue weighted by molar-refractivity contribution is 0.155. The maximum atomic E-state index is 5.58. The van der Waals surface area contributed by atoms with Crippen molar-refractivity contribution in [2.45, 2.75) is 25.4 Å². The van der Waals surface area contributed by atoms with Gasteiger partial charge < -0.3 is 5.73 Å². The van der Waals surface area contributed by atoms with Gasteiger partial charge >= 0.3 is 0 Å². The van der Waals surface area contributed by atoms with E-state index in [2.05, 4.69) is 0 Å². The zero-order chi connectivity index (χ0) is 5.98. The van der Waals surface area contributed by atoms with Crippen LogP contribution in [0.4, 0.5) is 0 Å². The summed E-state index contributed by atoms with van der Waals surface area (Å²) in [6.07, 6.45) is 3.60. The van der Waals surface area contributed by atoms with E-state index in [1.807, 2.05) is 0 Å². The molecule has 1 aliphatic heterocycles. The van der Waals surface area contributed by atoms with Crippen LogP contribution in [0.1, 0.15) is 19.3 Å². The molecule has 0 aliphatic carbocycles. The lowest BCUT2D eigenvalue weighted by Gasteiger charge is -2.28. The second-order valence-electron chi connectivity index (χ2n) is 2.30. The maximum Gasteiger partial charge on any atom is 0.0705 e. The molecule has 0 amide bonds. The van der Waals surface area contributed by atoms with Crippen LogP contribution in [0.3, 0.4) is 0 Å². The summed E-state index contributed by atoms with van der Waals surface area (Å²) in [6.45, 7) is 0.959. The molecule has 1 unspecified atom stereocenters. The minimum atomic E-state index is 0.115. The predicted molar refractivity (Wildman–Crippen MR) is 32.7 cm³/mol. The summed E-state index contributed by atoms with van der Waals surface area (Å²) in [5, 5.41) is 1.71. The minimum absolute atomic E-state index is 0.115. The van der Waals surface area contributed by atoms with Gasteiger partial charge in [-0.15, -0.1) is 0 Å². The Labute approximate surface area is 49.6 Å². The zero-order valence-electron chi connectivity index (χ0n) is 5.01. The van der Waals surface area contributed by atoms with E-state index in [0.29, 0.717) is 0 Å². The number of hydrazine groups is 1. The van der Waals surface area contributed by atoms with E-state index in [0.717, 1.165) is 13.0 Å². The quantitative estimate of drug-likeness (QED) is 0.423. The van der Waals surface area contributed by atoms with Crippen LogP contribution >= 0.6 is 0 Å². The van der Waals surface area contributed by atoms with Crippen LogP contribution in [0, 0.1) is 0 Å². The van der Waals surface area contributed by atoms with E-state index in [4.69, 9.17) is 11.6 Å². The average molecular weight is 115 g/mol. The van der Waals surface area contributed by atoms with E-state index >= 15 is 0 Å². The van der Waals surface area contributed by atoms with Gasteiger partial charge in [-0.25, -0.2) is 5.01 Å². The predicted octanol–water partition coefficient (Wildman–Crippen LogP) is -0.369. The summed E-state index contributed by atoms with van der Waals surface area (Å²) in [5.74, 6) is 5.49. The number of piperidine rings is 1. The molecule has 0 aromatic heterocycles. The lowest BCUT2D eigenvalue weighted by atomic mass is 10.1. The molecule has 1 rings (SSSR count).